The maximum absolute atomic E-state index is 2.60. The van der Waals surface area contributed by atoms with Crippen molar-refractivity contribution in [2.75, 3.05) is 0 Å². The summed E-state index contributed by atoms with van der Waals surface area (Å²) in [5.41, 5.74) is 19.5. The van der Waals surface area contributed by atoms with E-state index in [4.69, 9.17) is 0 Å². The first-order valence-electron chi connectivity index (χ1n) is 17.3. The van der Waals surface area contributed by atoms with Gasteiger partial charge in [-0.25, -0.2) is 0 Å². The molecule has 0 aromatic heterocycles. The van der Waals surface area contributed by atoms with E-state index in [1.165, 1.54) is 50.1 Å². The minimum atomic E-state index is -0.666. The number of benzene rings is 4. The Hall–Kier alpha value is -2.54. The maximum atomic E-state index is 2.60. The van der Waals surface area contributed by atoms with Crippen LogP contribution < -0.4 is 0 Å². The van der Waals surface area contributed by atoms with Crippen LogP contribution in [0.25, 0.3) is 33.9 Å². The second kappa shape index (κ2) is 12.5. The van der Waals surface area contributed by atoms with Gasteiger partial charge in [-0.1, -0.05) is 20.8 Å². The van der Waals surface area contributed by atoms with Crippen LogP contribution in [0.5, 0.6) is 0 Å². The van der Waals surface area contributed by atoms with Crippen molar-refractivity contribution in [2.45, 2.75) is 95.8 Å². The summed E-state index contributed by atoms with van der Waals surface area (Å²) in [5, 5.41) is 0. The summed E-state index contributed by atoms with van der Waals surface area (Å²) < 4.78 is 0.680. The second-order valence-corrected chi connectivity index (χ2v) is 31.4. The summed E-state index contributed by atoms with van der Waals surface area (Å²) in [7, 11) is 0. The van der Waals surface area contributed by atoms with Crippen molar-refractivity contribution in [2.24, 2.45) is 5.92 Å². The molecule has 2 heteroatoms. The van der Waals surface area contributed by atoms with Gasteiger partial charge >= 0.3 is 273 Å². The van der Waals surface area contributed by atoms with Crippen molar-refractivity contribution in [1.82, 2.24) is 0 Å². The van der Waals surface area contributed by atoms with Crippen LogP contribution in [0.3, 0.4) is 0 Å². The van der Waals surface area contributed by atoms with Crippen molar-refractivity contribution < 1.29 is 22.4 Å². The van der Waals surface area contributed by atoms with Crippen LogP contribution in [-0.4, -0.2) is 5.92 Å². The Kier molecular flexibility index (Phi) is 9.06. The molecule has 0 nitrogen and oxygen atoms in total. The summed E-state index contributed by atoms with van der Waals surface area (Å²) in [6.45, 7) is 26.3. The van der Waals surface area contributed by atoms with Crippen LogP contribution >= 0.6 is 0 Å². The van der Waals surface area contributed by atoms with Crippen LogP contribution in [-0.2, 0) is 33.2 Å². The molecule has 2 unspecified atom stereocenters. The minimum absolute atomic E-state index is 0.146. The molecule has 0 fully saturated rings. The Morgan fingerprint density at radius 2 is 1.15 bits per heavy atom. The van der Waals surface area contributed by atoms with Gasteiger partial charge in [0.05, 0.1) is 0 Å². The number of fused-ring (bicyclic) bond motifs is 2. The standard InChI is InChI=1S/C42H45.C2H7Si.Zr/c1-26(2)36-25-30-12-10-14-34(29-18-22-32(23-19-29)42(7,8)9)39(30)40(36)38-27(3)24-37-33(13-11-15-35(37)38)28-16-20-31(21-17-28)41(4,5)6;1-3-2;/h10-26,38H,1-9H3;3H,1-2H3;. The van der Waals surface area contributed by atoms with Crippen molar-refractivity contribution in [3.05, 3.63) is 129 Å². The summed E-state index contributed by atoms with van der Waals surface area (Å²) in [5.74, 6) is 0.163. The normalized spacial score (nSPS) is 17.9. The molecule has 4 aromatic carbocycles. The van der Waals surface area contributed by atoms with Gasteiger partial charge < -0.3 is 0 Å². The van der Waals surface area contributed by atoms with Gasteiger partial charge in [0.15, 0.2) is 0 Å². The molecule has 0 saturated carbocycles. The van der Waals surface area contributed by atoms with Gasteiger partial charge in [-0.15, -0.1) is 0 Å². The molecule has 2 atom stereocenters. The van der Waals surface area contributed by atoms with Crippen LogP contribution in [0.1, 0.15) is 105 Å². The predicted molar refractivity (Wildman–Crippen MR) is 201 cm³/mol. The summed E-state index contributed by atoms with van der Waals surface area (Å²) in [6.07, 6.45) is 2.52. The van der Waals surface area contributed by atoms with E-state index in [0.717, 1.165) is 0 Å². The molecule has 0 bridgehead atoms. The third kappa shape index (κ3) is 6.10. The third-order valence-electron chi connectivity index (χ3n) is 10.1. The average Bonchev–Trinajstić information content (AvgIpc) is 3.49. The summed E-state index contributed by atoms with van der Waals surface area (Å²) in [6, 6.07) is 33.2. The van der Waals surface area contributed by atoms with E-state index in [-0.39, 0.29) is 10.8 Å². The van der Waals surface area contributed by atoms with Gasteiger partial charge in [0.1, 0.15) is 0 Å². The molecule has 2 aliphatic carbocycles. The van der Waals surface area contributed by atoms with E-state index in [1.807, 2.05) is 0 Å². The Balaban J connectivity index is 1.55. The van der Waals surface area contributed by atoms with E-state index < -0.39 is 28.3 Å². The first kappa shape index (κ1) is 33.4. The SMILES string of the molecule is CC1=Cc2c(-c3ccc(C(C)(C)C)cc3)cccc2C1C1=C(C(C)C)[CH]([Zr][SiH](C)C)c2cccc(-c3ccc(C(C)(C)C)cc3)c21. The van der Waals surface area contributed by atoms with Gasteiger partial charge in [0.25, 0.3) is 0 Å². The molecular weight excluding hydrogens is 648 g/mol. The number of allylic oxidation sites excluding steroid dienone is 3. The average molecular weight is 700 g/mol. The number of hydrogen-bond donors (Lipinski definition) is 0. The van der Waals surface area contributed by atoms with E-state index in [2.05, 4.69) is 166 Å². The predicted octanol–water partition coefficient (Wildman–Crippen LogP) is 12.3. The monoisotopic (exact) mass is 698 g/mol. The van der Waals surface area contributed by atoms with Crippen molar-refractivity contribution in [3.63, 3.8) is 0 Å². The molecule has 0 aliphatic heterocycles. The second-order valence-electron chi connectivity index (χ2n) is 16.3. The zero-order chi connectivity index (χ0) is 33.1. The van der Waals surface area contributed by atoms with Crippen LogP contribution in [0, 0.1) is 5.92 Å². The Morgan fingerprint density at radius 1 is 0.652 bits per heavy atom. The first-order chi connectivity index (χ1) is 21.7. The van der Waals surface area contributed by atoms with Crippen molar-refractivity contribution in [3.8, 4) is 22.3 Å². The zero-order valence-electron chi connectivity index (χ0n) is 30.0. The molecule has 0 spiro atoms. The fourth-order valence-electron chi connectivity index (χ4n) is 7.77. The van der Waals surface area contributed by atoms with Gasteiger partial charge in [-0.3, -0.25) is 0 Å². The van der Waals surface area contributed by atoms with Crippen molar-refractivity contribution >= 4 is 17.6 Å². The summed E-state index contributed by atoms with van der Waals surface area (Å²) in [4.78, 5) is 0. The fourth-order valence-corrected chi connectivity index (χ4v) is 18.2. The fraction of sp³-hybridized carbons (Fsp3) is 0.364. The molecule has 0 amide bonds. The molecule has 0 heterocycles. The Labute approximate surface area is 291 Å². The molecule has 4 aromatic rings. The van der Waals surface area contributed by atoms with E-state index in [1.54, 1.807) is 22.3 Å². The van der Waals surface area contributed by atoms with Crippen molar-refractivity contribution in [1.29, 1.82) is 0 Å². The number of rotatable bonds is 6. The van der Waals surface area contributed by atoms with Gasteiger partial charge in [0, 0.05) is 0 Å². The van der Waals surface area contributed by atoms with E-state index in [9.17, 15) is 0 Å². The molecule has 236 valence electrons. The summed E-state index contributed by atoms with van der Waals surface area (Å²) >= 11 is -0.604. The molecule has 0 N–H and O–H groups in total. The molecule has 0 radical (unpaired) electrons. The third-order valence-corrected chi connectivity index (χ3v) is 20.0. The number of hydrogen-bond acceptors (Lipinski definition) is 0. The van der Waals surface area contributed by atoms with Gasteiger partial charge in [-0.05, 0) is 0 Å². The van der Waals surface area contributed by atoms with E-state index >= 15 is 0 Å². The molecular formula is C44H52SiZr. The Bertz CT molecular complexity index is 1820. The van der Waals surface area contributed by atoms with Crippen LogP contribution in [0.15, 0.2) is 96.1 Å². The first-order valence-corrected chi connectivity index (χ1v) is 25.9. The van der Waals surface area contributed by atoms with Gasteiger partial charge in [0.2, 0.25) is 0 Å². The van der Waals surface area contributed by atoms with Crippen LogP contribution in [0.4, 0.5) is 0 Å². The molecule has 46 heavy (non-hydrogen) atoms. The Morgan fingerprint density at radius 3 is 1.65 bits per heavy atom. The van der Waals surface area contributed by atoms with Crippen LogP contribution in [0.2, 0.25) is 13.1 Å². The molecule has 0 saturated heterocycles. The van der Waals surface area contributed by atoms with Gasteiger partial charge in [-0.2, -0.15) is 0 Å². The topological polar surface area (TPSA) is 0 Å². The zero-order valence-corrected chi connectivity index (χ0v) is 33.6. The molecule has 2 aliphatic rings. The van der Waals surface area contributed by atoms with E-state index in [0.29, 0.717) is 15.5 Å². The molecule has 6 rings (SSSR count). The quantitative estimate of drug-likeness (QED) is 0.176.